The lowest BCUT2D eigenvalue weighted by Gasteiger charge is -2.58. The van der Waals surface area contributed by atoms with Crippen molar-refractivity contribution in [3.8, 4) is 0 Å². The molecule has 3 saturated carbocycles. The molecule has 4 aliphatic carbocycles. The molecule has 0 bridgehead atoms. The Morgan fingerprint density at radius 2 is 2.00 bits per heavy atom. The molecule has 0 aromatic carbocycles. The Balaban J connectivity index is 1.60. The fraction of sp³-hybridized carbons (Fsp3) is 0.714. The van der Waals surface area contributed by atoms with E-state index in [-0.39, 0.29) is 40.7 Å². The largest absolute Gasteiger partial charge is 0.470 e. The summed E-state index contributed by atoms with van der Waals surface area (Å²) in [5.41, 5.74) is 0.333. The van der Waals surface area contributed by atoms with Crippen LogP contribution in [0.5, 0.6) is 0 Å². The van der Waals surface area contributed by atoms with Crippen LogP contribution < -0.4 is 0 Å². The van der Waals surface area contributed by atoms with Crippen LogP contribution in [0.4, 0.5) is 0 Å². The van der Waals surface area contributed by atoms with Crippen molar-refractivity contribution in [2.24, 2.45) is 34.5 Å². The van der Waals surface area contributed by atoms with Gasteiger partial charge >= 0.3 is 7.82 Å². The van der Waals surface area contributed by atoms with Gasteiger partial charge in [0.2, 0.25) is 0 Å². The number of Topliss-reactive ketones (excluding diaryl/α,β-unsaturated/α-hetero) is 1. The maximum Gasteiger partial charge on any atom is 0.470 e. The lowest BCUT2D eigenvalue weighted by atomic mass is 9.46. The van der Waals surface area contributed by atoms with Crippen molar-refractivity contribution < 1.29 is 33.6 Å². The number of carbonyl (C=O) groups is 2. The molecule has 160 valence electrons. The van der Waals surface area contributed by atoms with Crippen molar-refractivity contribution >= 4 is 19.4 Å². The quantitative estimate of drug-likeness (QED) is 0.593. The Morgan fingerprint density at radius 1 is 1.28 bits per heavy atom. The lowest BCUT2D eigenvalue weighted by Crippen LogP contribution is -2.56. The van der Waals surface area contributed by atoms with Crippen LogP contribution in [0.3, 0.4) is 0 Å². The molecule has 0 heterocycles. The molecule has 4 aliphatic rings. The highest BCUT2D eigenvalue weighted by Crippen LogP contribution is 2.66. The van der Waals surface area contributed by atoms with Gasteiger partial charge in [-0.2, -0.15) is 0 Å². The summed E-state index contributed by atoms with van der Waals surface area (Å²) in [6.07, 6.45) is 8.34. The summed E-state index contributed by atoms with van der Waals surface area (Å²) in [5, 5.41) is 11.2. The first kappa shape index (κ1) is 21.1. The van der Waals surface area contributed by atoms with Crippen molar-refractivity contribution in [1.82, 2.24) is 0 Å². The van der Waals surface area contributed by atoms with E-state index in [2.05, 4.69) is 11.4 Å². The van der Waals surface area contributed by atoms with Crippen LogP contribution >= 0.6 is 7.82 Å². The first-order valence-corrected chi connectivity index (χ1v) is 11.8. The summed E-state index contributed by atoms with van der Waals surface area (Å²) >= 11 is 0. The zero-order chi connectivity index (χ0) is 21.2. The molecule has 3 fully saturated rings. The predicted octanol–water partition coefficient (Wildman–Crippen LogP) is 2.56. The Kier molecular flexibility index (Phi) is 5.07. The summed E-state index contributed by atoms with van der Waals surface area (Å²) in [5.74, 6) is -0.168. The number of hydrogen-bond donors (Lipinski definition) is 3. The monoisotopic (exact) mass is 424 g/mol. The Hall–Kier alpha value is -1.11. The van der Waals surface area contributed by atoms with E-state index in [1.54, 1.807) is 12.2 Å². The van der Waals surface area contributed by atoms with Gasteiger partial charge in [-0.25, -0.2) is 4.57 Å². The first-order valence-electron chi connectivity index (χ1n) is 10.3. The van der Waals surface area contributed by atoms with Gasteiger partial charge in [-0.15, -0.1) is 0 Å². The maximum atomic E-state index is 12.7. The molecule has 29 heavy (non-hydrogen) atoms. The van der Waals surface area contributed by atoms with Crippen molar-refractivity contribution in [3.63, 3.8) is 0 Å². The van der Waals surface area contributed by atoms with E-state index in [4.69, 9.17) is 9.79 Å². The highest BCUT2D eigenvalue weighted by atomic mass is 31.2. The van der Waals surface area contributed by atoms with Crippen LogP contribution in [0.15, 0.2) is 23.8 Å². The number of carbonyl (C=O) groups excluding carboxylic acids is 2. The molecule has 0 aromatic rings. The summed E-state index contributed by atoms with van der Waals surface area (Å²) in [6.45, 7) is 3.55. The highest BCUT2D eigenvalue weighted by Gasteiger charge is 2.62. The maximum absolute atomic E-state index is 12.7. The topological polar surface area (TPSA) is 121 Å². The van der Waals surface area contributed by atoms with Gasteiger partial charge in [0.05, 0.1) is 6.10 Å². The molecule has 7 atom stereocenters. The number of phosphoric ester groups is 1. The molecule has 7 unspecified atom stereocenters. The van der Waals surface area contributed by atoms with E-state index < -0.39 is 25.9 Å². The zero-order valence-corrected chi connectivity index (χ0v) is 17.7. The second-order valence-corrected chi connectivity index (χ2v) is 10.9. The van der Waals surface area contributed by atoms with E-state index in [0.717, 1.165) is 24.8 Å². The van der Waals surface area contributed by atoms with Gasteiger partial charge in [0, 0.05) is 17.3 Å². The van der Waals surface area contributed by atoms with Crippen LogP contribution in [-0.2, 0) is 18.7 Å². The van der Waals surface area contributed by atoms with Crippen molar-refractivity contribution in [1.29, 1.82) is 0 Å². The normalized spacial score (nSPS) is 44.0. The molecule has 0 amide bonds. The van der Waals surface area contributed by atoms with Gasteiger partial charge in [-0.05, 0) is 61.5 Å². The predicted molar refractivity (Wildman–Crippen MR) is 104 cm³/mol. The smallest absolute Gasteiger partial charge is 0.393 e. The highest BCUT2D eigenvalue weighted by molar-refractivity contribution is 7.46. The van der Waals surface area contributed by atoms with Crippen LogP contribution in [-0.4, -0.2) is 39.2 Å². The van der Waals surface area contributed by atoms with Crippen LogP contribution in [0.25, 0.3) is 0 Å². The molecular formula is C21H29O7P. The minimum atomic E-state index is -4.70. The molecule has 3 N–H and O–H groups in total. The summed E-state index contributed by atoms with van der Waals surface area (Å²) in [4.78, 5) is 42.4. The number of rotatable bonds is 4. The van der Waals surface area contributed by atoms with E-state index in [1.165, 1.54) is 0 Å². The molecule has 0 aromatic heterocycles. The second-order valence-electron chi connectivity index (χ2n) is 9.66. The Labute approximate surface area is 170 Å². The molecule has 4 rings (SSSR count). The van der Waals surface area contributed by atoms with Crippen molar-refractivity contribution in [2.75, 3.05) is 6.61 Å². The molecule has 7 nitrogen and oxygen atoms in total. The van der Waals surface area contributed by atoms with E-state index in [9.17, 15) is 19.3 Å². The fourth-order valence-corrected chi connectivity index (χ4v) is 7.40. The number of aliphatic hydroxyl groups excluding tert-OH is 1. The Bertz CT molecular complexity index is 842. The van der Waals surface area contributed by atoms with Gasteiger partial charge in [-0.1, -0.05) is 25.5 Å². The van der Waals surface area contributed by atoms with Crippen LogP contribution in [0, 0.1) is 34.5 Å². The van der Waals surface area contributed by atoms with Crippen LogP contribution in [0.1, 0.15) is 46.0 Å². The fourth-order valence-electron chi connectivity index (χ4n) is 7.10. The SMILES string of the molecule is CC12C=CC(=O)C=C1CCC1C2C(O)CC2(C)C(C(=O)COP(=O)(O)O)CCC12. The van der Waals surface area contributed by atoms with Gasteiger partial charge < -0.3 is 14.9 Å². The van der Waals surface area contributed by atoms with E-state index in [1.807, 2.05) is 13.0 Å². The third-order valence-corrected chi connectivity index (χ3v) is 8.72. The van der Waals surface area contributed by atoms with Gasteiger partial charge in [-0.3, -0.25) is 14.1 Å². The third kappa shape index (κ3) is 3.41. The van der Waals surface area contributed by atoms with Crippen molar-refractivity contribution in [3.05, 3.63) is 23.8 Å². The number of allylic oxidation sites excluding steroid dienone is 4. The minimum Gasteiger partial charge on any atom is -0.393 e. The Morgan fingerprint density at radius 3 is 2.69 bits per heavy atom. The summed E-state index contributed by atoms with van der Waals surface area (Å²) in [6, 6.07) is 0. The number of fused-ring (bicyclic) bond motifs is 5. The van der Waals surface area contributed by atoms with Crippen molar-refractivity contribution in [2.45, 2.75) is 52.1 Å². The van der Waals surface area contributed by atoms with Crippen LogP contribution in [0.2, 0.25) is 0 Å². The third-order valence-electron chi connectivity index (χ3n) is 8.26. The van der Waals surface area contributed by atoms with E-state index >= 15 is 0 Å². The van der Waals surface area contributed by atoms with Gasteiger partial charge in [0.25, 0.3) is 0 Å². The number of hydrogen-bond acceptors (Lipinski definition) is 5. The minimum absolute atomic E-state index is 0.00245. The summed E-state index contributed by atoms with van der Waals surface area (Å²) in [7, 11) is -4.70. The molecular weight excluding hydrogens is 395 g/mol. The first-order chi connectivity index (χ1) is 13.5. The molecule has 0 aliphatic heterocycles. The molecule has 8 heteroatoms. The number of ketones is 2. The molecule has 0 radical (unpaired) electrons. The summed E-state index contributed by atoms with van der Waals surface area (Å²) < 4.78 is 15.5. The average molecular weight is 424 g/mol. The molecule has 0 spiro atoms. The number of phosphoric acid groups is 1. The standard InChI is InChI=1S/C21H29O7P/c1-20-8-7-13(22)9-12(20)3-4-14-15-5-6-16(18(24)11-28-29(25,26)27)21(15,2)10-17(23)19(14)20/h7-9,14-17,19,23H,3-6,10-11H2,1-2H3,(H2,25,26,27). The van der Waals surface area contributed by atoms with E-state index in [0.29, 0.717) is 12.8 Å². The lowest BCUT2D eigenvalue weighted by molar-refractivity contribution is -0.141. The average Bonchev–Trinajstić information content (AvgIpc) is 2.96. The van der Waals surface area contributed by atoms with Gasteiger partial charge in [0.1, 0.15) is 6.61 Å². The van der Waals surface area contributed by atoms with Gasteiger partial charge in [0.15, 0.2) is 11.6 Å². The molecule has 0 saturated heterocycles. The number of aliphatic hydroxyl groups is 1. The second kappa shape index (κ2) is 6.96. The zero-order valence-electron chi connectivity index (χ0n) is 16.8.